The number of amidine groups is 2. The Balaban J connectivity index is 0.00000156. The van der Waals surface area contributed by atoms with Crippen molar-refractivity contribution in [2.24, 2.45) is 11.5 Å². The van der Waals surface area contributed by atoms with Crippen LogP contribution in [0.4, 0.5) is 0 Å². The van der Waals surface area contributed by atoms with E-state index in [2.05, 4.69) is 9.97 Å². The van der Waals surface area contributed by atoms with E-state index >= 15 is 0 Å². The van der Waals surface area contributed by atoms with Gasteiger partial charge < -0.3 is 11.5 Å². The fourth-order valence-corrected chi connectivity index (χ4v) is 2.92. The Labute approximate surface area is 161 Å². The van der Waals surface area contributed by atoms with E-state index in [1.807, 2.05) is 24.3 Å². The first-order valence-electron chi connectivity index (χ1n) is 6.76. The highest BCUT2D eigenvalue weighted by molar-refractivity contribution is 7.18. The Morgan fingerprint density at radius 2 is 1.40 bits per heavy atom. The number of aromatic nitrogens is 2. The molecule has 0 aliphatic carbocycles. The molecule has 3 aromatic rings. The molecule has 0 spiro atoms. The molecule has 6 N–H and O–H groups in total. The van der Waals surface area contributed by atoms with Crippen molar-refractivity contribution in [1.82, 2.24) is 9.97 Å². The third-order valence-corrected chi connectivity index (χ3v) is 4.35. The monoisotopic (exact) mass is 394 g/mol. The fraction of sp³-hybridized carbons (Fsp3) is 0. The maximum absolute atomic E-state index is 7.41. The SMILES string of the molecule is Cl.Cl.N=C(N)c1ccc(-c2cnc(-c3ccc(C(=N)N)cn3)s2)cc1. The van der Waals surface area contributed by atoms with Gasteiger partial charge in [0.1, 0.15) is 16.7 Å². The predicted octanol–water partition coefficient (Wildman–Crippen LogP) is 3.28. The summed E-state index contributed by atoms with van der Waals surface area (Å²) in [5, 5.41) is 15.6. The van der Waals surface area contributed by atoms with E-state index in [4.69, 9.17) is 22.3 Å². The van der Waals surface area contributed by atoms with Crippen LogP contribution in [-0.4, -0.2) is 21.6 Å². The molecule has 0 atom stereocenters. The van der Waals surface area contributed by atoms with E-state index < -0.39 is 0 Å². The van der Waals surface area contributed by atoms with Crippen LogP contribution in [0.2, 0.25) is 0 Å². The zero-order valence-electron chi connectivity index (χ0n) is 12.9. The molecule has 0 unspecified atom stereocenters. The largest absolute Gasteiger partial charge is 0.384 e. The van der Waals surface area contributed by atoms with Crippen LogP contribution < -0.4 is 11.5 Å². The molecule has 2 aromatic heterocycles. The van der Waals surface area contributed by atoms with Gasteiger partial charge in [-0.25, -0.2) is 4.98 Å². The zero-order chi connectivity index (χ0) is 16.4. The van der Waals surface area contributed by atoms with Crippen LogP contribution in [0.15, 0.2) is 48.8 Å². The van der Waals surface area contributed by atoms with E-state index in [0.717, 1.165) is 21.1 Å². The first kappa shape index (κ1) is 20.6. The number of benzene rings is 1. The molecule has 0 fully saturated rings. The summed E-state index contributed by atoms with van der Waals surface area (Å²) in [5.41, 5.74) is 13.9. The average molecular weight is 395 g/mol. The maximum atomic E-state index is 7.41. The normalized spacial score (nSPS) is 9.60. The molecule has 0 amide bonds. The lowest BCUT2D eigenvalue weighted by molar-refractivity contribution is 1.27. The second kappa shape index (κ2) is 8.57. The fourth-order valence-electron chi connectivity index (χ4n) is 2.02. The Kier molecular flexibility index (Phi) is 7.05. The molecule has 25 heavy (non-hydrogen) atoms. The van der Waals surface area contributed by atoms with Crippen LogP contribution in [0.5, 0.6) is 0 Å². The Bertz CT molecular complexity index is 802. The van der Waals surface area contributed by atoms with Gasteiger partial charge >= 0.3 is 0 Å². The van der Waals surface area contributed by atoms with E-state index in [1.54, 1.807) is 24.5 Å². The third kappa shape index (κ3) is 4.54. The number of thiazole rings is 1. The molecule has 0 bridgehead atoms. The van der Waals surface area contributed by atoms with E-state index in [9.17, 15) is 0 Å². The van der Waals surface area contributed by atoms with Gasteiger partial charge in [-0.05, 0) is 17.7 Å². The van der Waals surface area contributed by atoms with Crippen molar-refractivity contribution in [2.45, 2.75) is 0 Å². The summed E-state index contributed by atoms with van der Waals surface area (Å²) in [6, 6.07) is 11.0. The molecule has 0 aliphatic heterocycles. The van der Waals surface area contributed by atoms with Gasteiger partial charge in [-0.2, -0.15) is 0 Å². The Morgan fingerprint density at radius 3 is 1.92 bits per heavy atom. The summed E-state index contributed by atoms with van der Waals surface area (Å²) in [7, 11) is 0. The summed E-state index contributed by atoms with van der Waals surface area (Å²) >= 11 is 1.52. The van der Waals surface area contributed by atoms with Crippen molar-refractivity contribution >= 4 is 47.8 Å². The van der Waals surface area contributed by atoms with E-state index in [-0.39, 0.29) is 36.5 Å². The molecule has 6 nitrogen and oxygen atoms in total. The molecule has 0 saturated carbocycles. The number of nitrogens with two attached hydrogens (primary N) is 2. The minimum Gasteiger partial charge on any atom is -0.384 e. The van der Waals surface area contributed by atoms with Gasteiger partial charge in [0.15, 0.2) is 0 Å². The van der Waals surface area contributed by atoms with Gasteiger partial charge in [-0.1, -0.05) is 24.3 Å². The molecule has 9 heteroatoms. The highest BCUT2D eigenvalue weighted by atomic mass is 35.5. The molecule has 0 radical (unpaired) electrons. The van der Waals surface area contributed by atoms with Crippen molar-refractivity contribution in [3.63, 3.8) is 0 Å². The Hall–Kier alpha value is -2.48. The second-order valence-electron chi connectivity index (χ2n) is 4.87. The topological polar surface area (TPSA) is 126 Å². The van der Waals surface area contributed by atoms with Crippen molar-refractivity contribution < 1.29 is 0 Å². The third-order valence-electron chi connectivity index (χ3n) is 3.28. The quantitative estimate of drug-likeness (QED) is 0.399. The van der Waals surface area contributed by atoms with Crippen LogP contribution in [0, 0.1) is 10.8 Å². The molecule has 2 heterocycles. The van der Waals surface area contributed by atoms with E-state index in [1.165, 1.54) is 11.3 Å². The van der Waals surface area contributed by atoms with Crippen LogP contribution in [-0.2, 0) is 0 Å². The van der Waals surface area contributed by atoms with Crippen LogP contribution in [0.1, 0.15) is 11.1 Å². The molecule has 1 aromatic carbocycles. The lowest BCUT2D eigenvalue weighted by Crippen LogP contribution is -2.11. The lowest BCUT2D eigenvalue weighted by atomic mass is 10.1. The summed E-state index contributed by atoms with van der Waals surface area (Å²) in [5.74, 6) is 0.0470. The standard InChI is InChI=1S/C16H14N6S.2ClH/c17-14(18)10-3-1-9(2-4-10)13-8-22-16(23-13)12-6-5-11(7-21-12)15(19)20;;/h1-8H,(H3,17,18)(H3,19,20);2*1H. The number of nitrogens with one attached hydrogen (secondary N) is 2. The number of hydrogen-bond donors (Lipinski definition) is 4. The number of hydrogen-bond acceptors (Lipinski definition) is 5. The molecule has 130 valence electrons. The summed E-state index contributed by atoms with van der Waals surface area (Å²) in [6.07, 6.45) is 3.36. The van der Waals surface area contributed by atoms with Crippen LogP contribution in [0.3, 0.4) is 0 Å². The van der Waals surface area contributed by atoms with Gasteiger partial charge in [0.2, 0.25) is 0 Å². The lowest BCUT2D eigenvalue weighted by Gasteiger charge is -2.00. The smallest absolute Gasteiger partial charge is 0.142 e. The zero-order valence-corrected chi connectivity index (χ0v) is 15.3. The summed E-state index contributed by atoms with van der Waals surface area (Å²) in [6.45, 7) is 0. The molecule has 3 rings (SSSR count). The average Bonchev–Trinajstić information content (AvgIpc) is 3.05. The molecule has 0 saturated heterocycles. The Morgan fingerprint density at radius 1 is 0.800 bits per heavy atom. The first-order chi connectivity index (χ1) is 11.0. The van der Waals surface area contributed by atoms with Gasteiger partial charge in [0.05, 0.1) is 10.6 Å². The molecule has 0 aliphatic rings. The number of rotatable bonds is 4. The number of nitrogens with zero attached hydrogens (tertiary/aromatic N) is 2. The van der Waals surface area contributed by atoms with Crippen molar-refractivity contribution in [1.29, 1.82) is 10.8 Å². The highest BCUT2D eigenvalue weighted by Crippen LogP contribution is 2.31. The van der Waals surface area contributed by atoms with E-state index in [0.29, 0.717) is 11.1 Å². The minimum absolute atomic E-state index is 0. The van der Waals surface area contributed by atoms with Gasteiger partial charge in [0.25, 0.3) is 0 Å². The first-order valence-corrected chi connectivity index (χ1v) is 7.58. The van der Waals surface area contributed by atoms with Gasteiger partial charge in [0, 0.05) is 23.5 Å². The number of pyridine rings is 1. The van der Waals surface area contributed by atoms with Crippen molar-refractivity contribution in [3.05, 3.63) is 59.9 Å². The molecular weight excluding hydrogens is 379 g/mol. The van der Waals surface area contributed by atoms with Gasteiger partial charge in [-0.3, -0.25) is 15.8 Å². The van der Waals surface area contributed by atoms with Gasteiger partial charge in [-0.15, -0.1) is 36.2 Å². The number of halogens is 2. The minimum atomic E-state index is -0.00515. The second-order valence-corrected chi connectivity index (χ2v) is 5.90. The number of nitrogen functional groups attached to an aromatic ring is 2. The predicted molar refractivity (Wildman–Crippen MR) is 107 cm³/mol. The van der Waals surface area contributed by atoms with Crippen molar-refractivity contribution in [3.8, 4) is 21.1 Å². The van der Waals surface area contributed by atoms with Crippen molar-refractivity contribution in [2.75, 3.05) is 0 Å². The summed E-state index contributed by atoms with van der Waals surface area (Å²) < 4.78 is 0. The van der Waals surface area contributed by atoms with Crippen LogP contribution in [0.25, 0.3) is 21.1 Å². The van der Waals surface area contributed by atoms with Crippen LogP contribution >= 0.6 is 36.2 Å². The summed E-state index contributed by atoms with van der Waals surface area (Å²) in [4.78, 5) is 9.70. The maximum Gasteiger partial charge on any atom is 0.142 e. The highest BCUT2D eigenvalue weighted by Gasteiger charge is 2.09. The molecular formula is C16H16Cl2N6S.